The Kier molecular flexibility index (Phi) is 5.40. The zero-order valence-electron chi connectivity index (χ0n) is 13.1. The zero-order valence-corrected chi connectivity index (χ0v) is 13.1. The number of aliphatic carboxylic acids is 1. The zero-order chi connectivity index (χ0) is 15.3. The summed E-state index contributed by atoms with van der Waals surface area (Å²) in [5, 5.41) is 12.8. The monoisotopic (exact) mass is 289 g/mol. The second kappa shape index (κ2) is 7.08. The van der Waals surface area contributed by atoms with Gasteiger partial charge in [-0.25, -0.2) is 0 Å². The molecule has 1 aliphatic carbocycles. The van der Waals surface area contributed by atoms with Crippen LogP contribution in [0.25, 0.3) is 0 Å². The third kappa shape index (κ3) is 4.31. The number of rotatable bonds is 7. The van der Waals surface area contributed by atoms with Crippen LogP contribution in [0.15, 0.2) is 30.3 Å². The Hall–Kier alpha value is -1.35. The summed E-state index contributed by atoms with van der Waals surface area (Å²) in [7, 11) is 0. The molecule has 3 nitrogen and oxygen atoms in total. The van der Waals surface area contributed by atoms with Crippen molar-refractivity contribution in [2.45, 2.75) is 52.0 Å². The van der Waals surface area contributed by atoms with Gasteiger partial charge in [-0.05, 0) is 36.2 Å². The van der Waals surface area contributed by atoms with Crippen LogP contribution in [0.5, 0.6) is 0 Å². The van der Waals surface area contributed by atoms with Gasteiger partial charge in [0, 0.05) is 6.54 Å². The molecule has 1 aliphatic rings. The van der Waals surface area contributed by atoms with Gasteiger partial charge in [0.05, 0.1) is 0 Å². The molecule has 0 radical (unpaired) electrons. The fraction of sp³-hybridized carbons (Fsp3) is 0.611. The quantitative estimate of drug-likeness (QED) is 0.797. The van der Waals surface area contributed by atoms with E-state index in [9.17, 15) is 9.90 Å². The summed E-state index contributed by atoms with van der Waals surface area (Å²) in [6.07, 6.45) is 6.18. The third-order valence-corrected chi connectivity index (χ3v) is 4.57. The molecule has 2 N–H and O–H groups in total. The molecule has 1 atom stereocenters. The van der Waals surface area contributed by atoms with Gasteiger partial charge in [-0.2, -0.15) is 0 Å². The Morgan fingerprint density at radius 2 is 1.86 bits per heavy atom. The first-order chi connectivity index (χ1) is 10.0. The van der Waals surface area contributed by atoms with Gasteiger partial charge in [-0.1, -0.05) is 57.0 Å². The highest BCUT2D eigenvalue weighted by molar-refractivity contribution is 5.75. The average molecular weight is 289 g/mol. The van der Waals surface area contributed by atoms with Crippen molar-refractivity contribution < 1.29 is 9.90 Å². The Balaban J connectivity index is 2.05. The highest BCUT2D eigenvalue weighted by Crippen LogP contribution is 2.43. The number of hydrogen-bond donors (Lipinski definition) is 2. The van der Waals surface area contributed by atoms with E-state index in [1.807, 2.05) is 30.3 Å². The minimum atomic E-state index is -0.793. The predicted molar refractivity (Wildman–Crippen MR) is 85.2 cm³/mol. The van der Waals surface area contributed by atoms with Crippen LogP contribution in [0.4, 0.5) is 0 Å². The van der Waals surface area contributed by atoms with E-state index in [-0.39, 0.29) is 5.41 Å². The van der Waals surface area contributed by atoms with Crippen LogP contribution in [0.2, 0.25) is 0 Å². The topological polar surface area (TPSA) is 49.3 Å². The molecule has 0 aliphatic heterocycles. The Bertz CT molecular complexity index is 450. The summed E-state index contributed by atoms with van der Waals surface area (Å²) < 4.78 is 0. The smallest absolute Gasteiger partial charge is 0.325 e. The molecule has 1 unspecified atom stereocenters. The van der Waals surface area contributed by atoms with Crippen LogP contribution >= 0.6 is 0 Å². The van der Waals surface area contributed by atoms with Crippen LogP contribution < -0.4 is 5.32 Å². The van der Waals surface area contributed by atoms with Gasteiger partial charge >= 0.3 is 5.97 Å². The number of nitrogens with one attached hydrogen (secondary N) is 1. The number of hydrogen-bond acceptors (Lipinski definition) is 2. The van der Waals surface area contributed by atoms with Gasteiger partial charge in [0.2, 0.25) is 0 Å². The highest BCUT2D eigenvalue weighted by Gasteiger charge is 2.35. The summed E-state index contributed by atoms with van der Waals surface area (Å²) in [6.45, 7) is 5.31. The van der Waals surface area contributed by atoms with E-state index in [0.717, 1.165) is 12.1 Å². The Morgan fingerprint density at radius 1 is 1.24 bits per heavy atom. The molecule has 0 aromatic heterocycles. The molecule has 116 valence electrons. The normalized spacial score (nSPS) is 18.8. The first-order valence-electron chi connectivity index (χ1n) is 8.04. The molecule has 1 aromatic carbocycles. The molecular formula is C18H27NO2. The largest absolute Gasteiger partial charge is 0.480 e. The molecular weight excluding hydrogens is 262 g/mol. The molecule has 0 spiro atoms. The molecule has 2 rings (SSSR count). The Morgan fingerprint density at radius 3 is 2.38 bits per heavy atom. The van der Waals surface area contributed by atoms with Gasteiger partial charge in [0.1, 0.15) is 6.04 Å². The number of carboxylic acids is 1. The fourth-order valence-corrected chi connectivity index (χ4v) is 3.76. The van der Waals surface area contributed by atoms with Crippen molar-refractivity contribution in [1.82, 2.24) is 5.32 Å². The lowest BCUT2D eigenvalue weighted by atomic mass is 9.78. The van der Waals surface area contributed by atoms with Gasteiger partial charge < -0.3 is 10.4 Å². The van der Waals surface area contributed by atoms with E-state index in [0.29, 0.717) is 5.92 Å². The first kappa shape index (κ1) is 16.0. The van der Waals surface area contributed by atoms with Crippen LogP contribution in [0, 0.1) is 11.3 Å². The molecule has 1 saturated carbocycles. The van der Waals surface area contributed by atoms with Crippen LogP contribution in [0.3, 0.4) is 0 Å². The maximum absolute atomic E-state index is 11.6. The summed E-state index contributed by atoms with van der Waals surface area (Å²) in [5.74, 6) is -0.135. The molecule has 0 saturated heterocycles. The summed E-state index contributed by atoms with van der Waals surface area (Å²) in [5.41, 5.74) is 1.12. The van der Waals surface area contributed by atoms with Crippen molar-refractivity contribution in [2.24, 2.45) is 11.3 Å². The van der Waals surface area contributed by atoms with E-state index in [4.69, 9.17) is 0 Å². The summed E-state index contributed by atoms with van der Waals surface area (Å²) >= 11 is 0. The molecule has 0 amide bonds. The molecule has 21 heavy (non-hydrogen) atoms. The maximum Gasteiger partial charge on any atom is 0.325 e. The van der Waals surface area contributed by atoms with Gasteiger partial charge in [0.15, 0.2) is 0 Å². The highest BCUT2D eigenvalue weighted by atomic mass is 16.4. The molecule has 1 fully saturated rings. The van der Waals surface area contributed by atoms with E-state index in [1.54, 1.807) is 0 Å². The SMILES string of the molecule is CC(C)CC1(CNC(C(=O)O)c2ccccc2)CCCC1. The van der Waals surface area contributed by atoms with E-state index >= 15 is 0 Å². The fourth-order valence-electron chi connectivity index (χ4n) is 3.76. The predicted octanol–water partition coefficient (Wildman–Crippen LogP) is 4.01. The van der Waals surface area contributed by atoms with Crippen molar-refractivity contribution >= 4 is 5.97 Å². The van der Waals surface area contributed by atoms with E-state index in [2.05, 4.69) is 19.2 Å². The molecule has 1 aromatic rings. The van der Waals surface area contributed by atoms with Gasteiger partial charge in [0.25, 0.3) is 0 Å². The van der Waals surface area contributed by atoms with Crippen LogP contribution in [0.1, 0.15) is 57.6 Å². The van der Waals surface area contributed by atoms with Crippen LogP contribution in [-0.4, -0.2) is 17.6 Å². The van der Waals surface area contributed by atoms with Crippen molar-refractivity contribution in [3.05, 3.63) is 35.9 Å². The van der Waals surface area contributed by atoms with Crippen molar-refractivity contribution in [1.29, 1.82) is 0 Å². The lowest BCUT2D eigenvalue weighted by molar-refractivity contribution is -0.139. The molecule has 0 bridgehead atoms. The molecule has 3 heteroatoms. The van der Waals surface area contributed by atoms with Crippen molar-refractivity contribution in [2.75, 3.05) is 6.54 Å². The summed E-state index contributed by atoms with van der Waals surface area (Å²) in [4.78, 5) is 11.6. The van der Waals surface area contributed by atoms with Crippen LogP contribution in [-0.2, 0) is 4.79 Å². The number of carboxylic acid groups (broad SMARTS) is 1. The second-order valence-electron chi connectivity index (χ2n) is 6.87. The minimum Gasteiger partial charge on any atom is -0.480 e. The molecule has 0 heterocycles. The standard InChI is InChI=1S/C18H27NO2/c1-14(2)12-18(10-6-7-11-18)13-19-16(17(20)21)15-8-4-3-5-9-15/h3-5,8-9,14,16,19H,6-7,10-13H2,1-2H3,(H,20,21). The van der Waals surface area contributed by atoms with Gasteiger partial charge in [-0.15, -0.1) is 0 Å². The van der Waals surface area contributed by atoms with Gasteiger partial charge in [-0.3, -0.25) is 4.79 Å². The summed E-state index contributed by atoms with van der Waals surface area (Å²) in [6, 6.07) is 8.87. The number of benzene rings is 1. The average Bonchev–Trinajstić information content (AvgIpc) is 2.87. The third-order valence-electron chi connectivity index (χ3n) is 4.57. The minimum absolute atomic E-state index is 0.288. The first-order valence-corrected chi connectivity index (χ1v) is 8.04. The van der Waals surface area contributed by atoms with Crippen molar-refractivity contribution in [3.63, 3.8) is 0 Å². The maximum atomic E-state index is 11.6. The number of carbonyl (C=O) groups is 1. The lowest BCUT2D eigenvalue weighted by Gasteiger charge is -2.32. The van der Waals surface area contributed by atoms with E-state index in [1.165, 1.54) is 32.1 Å². The second-order valence-corrected chi connectivity index (χ2v) is 6.87. The van der Waals surface area contributed by atoms with E-state index < -0.39 is 12.0 Å². The van der Waals surface area contributed by atoms with Crippen molar-refractivity contribution in [3.8, 4) is 0 Å². The lowest BCUT2D eigenvalue weighted by Crippen LogP contribution is -2.38. The Labute approximate surface area is 127 Å².